The third-order valence-electron chi connectivity index (χ3n) is 7.50. The van der Waals surface area contributed by atoms with Crippen LogP contribution in [0.4, 0.5) is 0 Å². The van der Waals surface area contributed by atoms with Gasteiger partial charge in [-0.1, -0.05) is 62.1 Å². The van der Waals surface area contributed by atoms with Crippen molar-refractivity contribution in [1.29, 1.82) is 0 Å². The first-order chi connectivity index (χ1) is 17.9. The molecule has 1 saturated heterocycles. The largest absolute Gasteiger partial charge is 0.286 e. The number of carbonyl (C=O) groups is 1. The van der Waals surface area contributed by atoms with Crippen LogP contribution in [0, 0.1) is 12.8 Å². The number of carbonyl (C=O) groups excluding carboxylic acids is 1. The monoisotopic (exact) mass is 520 g/mol. The van der Waals surface area contributed by atoms with Crippen LogP contribution in [-0.4, -0.2) is 33.8 Å². The maximum atomic E-state index is 13.6. The zero-order chi connectivity index (χ0) is 26.4. The molecule has 1 aliphatic carbocycles. The predicted octanol–water partition coefficient (Wildman–Crippen LogP) is 7.62. The molecular weight excluding hydrogens is 480 g/mol. The van der Waals surface area contributed by atoms with Crippen LogP contribution in [0.3, 0.4) is 0 Å². The van der Waals surface area contributed by atoms with Gasteiger partial charge in [0.1, 0.15) is 0 Å². The smallest absolute Gasteiger partial charge is 0.283 e. The van der Waals surface area contributed by atoms with E-state index in [0.717, 1.165) is 66.9 Å². The Morgan fingerprint density at radius 3 is 2.57 bits per heavy atom. The first kappa shape index (κ1) is 27.4. The van der Waals surface area contributed by atoms with E-state index in [9.17, 15) is 4.79 Å². The van der Waals surface area contributed by atoms with Crippen LogP contribution < -0.4 is 5.43 Å². The van der Waals surface area contributed by atoms with Crippen LogP contribution in [0.15, 0.2) is 48.1 Å². The minimum atomic E-state index is -0.124. The summed E-state index contributed by atoms with van der Waals surface area (Å²) in [6.45, 7) is 10.2. The van der Waals surface area contributed by atoms with E-state index < -0.39 is 0 Å². The van der Waals surface area contributed by atoms with Crippen molar-refractivity contribution in [3.63, 3.8) is 0 Å². The average molecular weight is 521 g/mol. The highest BCUT2D eigenvalue weighted by Crippen LogP contribution is 2.31. The molecule has 1 aliphatic heterocycles. The molecule has 198 valence electrons. The number of halogens is 1. The highest BCUT2D eigenvalue weighted by atomic mass is 35.5. The Kier molecular flexibility index (Phi) is 9.44. The molecule has 0 spiro atoms. The van der Waals surface area contributed by atoms with Crippen LogP contribution in [0.25, 0.3) is 11.3 Å². The number of benzene rings is 1. The molecule has 1 amide bonds. The summed E-state index contributed by atoms with van der Waals surface area (Å²) in [5, 5.41) is 7.69. The molecule has 0 radical (unpaired) electrons. The lowest BCUT2D eigenvalue weighted by Crippen LogP contribution is -2.45. The number of hydrogen-bond donors (Lipinski definition) is 1. The molecule has 1 aromatic heterocycles. The van der Waals surface area contributed by atoms with E-state index in [1.165, 1.54) is 31.3 Å². The second-order valence-corrected chi connectivity index (χ2v) is 10.9. The summed E-state index contributed by atoms with van der Waals surface area (Å²) >= 11 is 6.29. The average Bonchev–Trinajstić information content (AvgIpc) is 3.22. The van der Waals surface area contributed by atoms with Gasteiger partial charge in [0.05, 0.1) is 11.4 Å². The summed E-state index contributed by atoms with van der Waals surface area (Å²) < 4.78 is 1.95. The van der Waals surface area contributed by atoms with Crippen LogP contribution >= 0.6 is 11.6 Å². The van der Waals surface area contributed by atoms with Crippen molar-refractivity contribution < 1.29 is 4.79 Å². The van der Waals surface area contributed by atoms with E-state index in [0.29, 0.717) is 16.6 Å². The van der Waals surface area contributed by atoms with Gasteiger partial charge in [-0.3, -0.25) is 10.2 Å². The molecule has 1 saturated carbocycles. The van der Waals surface area contributed by atoms with Crippen molar-refractivity contribution in [2.24, 2.45) is 5.92 Å². The fraction of sp³-hybridized carbons (Fsp3) is 0.484. The highest BCUT2D eigenvalue weighted by molar-refractivity contribution is 6.30. The van der Waals surface area contributed by atoms with Crippen molar-refractivity contribution >= 4 is 23.1 Å². The Morgan fingerprint density at radius 1 is 1.19 bits per heavy atom. The summed E-state index contributed by atoms with van der Waals surface area (Å²) in [5.74, 6) is 0.576. The van der Waals surface area contributed by atoms with Gasteiger partial charge < -0.3 is 0 Å². The molecule has 1 aromatic carbocycles. The van der Waals surface area contributed by atoms with Gasteiger partial charge in [-0.2, -0.15) is 5.10 Å². The zero-order valence-electron chi connectivity index (χ0n) is 22.8. The third-order valence-corrected chi connectivity index (χ3v) is 7.74. The summed E-state index contributed by atoms with van der Waals surface area (Å²) in [6.07, 6.45) is 18.0. The van der Waals surface area contributed by atoms with E-state index >= 15 is 0 Å². The van der Waals surface area contributed by atoms with Crippen LogP contribution in [0.1, 0.15) is 93.0 Å². The second kappa shape index (κ2) is 12.7. The SMILES string of the molecule is C/C=C(\C=C/C1CCC1)/C=C(\C)c1c(CCC)c(C(=O)NN2CCCCC2)nn1-c1ccc(Cl)cc1C. The number of hydrazine groups is 1. The Bertz CT molecular complexity index is 1200. The molecule has 37 heavy (non-hydrogen) atoms. The Hall–Kier alpha value is -2.63. The summed E-state index contributed by atoms with van der Waals surface area (Å²) in [6, 6.07) is 5.84. The molecule has 1 N–H and O–H groups in total. The topological polar surface area (TPSA) is 50.2 Å². The van der Waals surface area contributed by atoms with Crippen molar-refractivity contribution in [2.45, 2.75) is 79.1 Å². The fourth-order valence-electron chi connectivity index (χ4n) is 5.18. The molecule has 2 aliphatic rings. The molecule has 2 fully saturated rings. The number of piperidine rings is 1. The van der Waals surface area contributed by atoms with Crippen molar-refractivity contribution in [1.82, 2.24) is 20.2 Å². The van der Waals surface area contributed by atoms with Crippen LogP contribution in [-0.2, 0) is 6.42 Å². The number of aryl methyl sites for hydroxylation is 1. The van der Waals surface area contributed by atoms with E-state index in [1.54, 1.807) is 0 Å². The quantitative estimate of drug-likeness (QED) is 0.346. The first-order valence-corrected chi connectivity index (χ1v) is 14.3. The van der Waals surface area contributed by atoms with Crippen molar-refractivity contribution in [3.8, 4) is 5.69 Å². The van der Waals surface area contributed by atoms with Gasteiger partial charge in [0.2, 0.25) is 0 Å². The Labute approximate surface area is 227 Å². The van der Waals surface area contributed by atoms with Crippen LogP contribution in [0.5, 0.6) is 0 Å². The number of aromatic nitrogens is 2. The van der Waals surface area contributed by atoms with Gasteiger partial charge in [0.25, 0.3) is 5.91 Å². The number of rotatable bonds is 9. The highest BCUT2D eigenvalue weighted by Gasteiger charge is 2.26. The minimum Gasteiger partial charge on any atom is -0.283 e. The van der Waals surface area contributed by atoms with Gasteiger partial charge in [-0.15, -0.1) is 0 Å². The van der Waals surface area contributed by atoms with Gasteiger partial charge in [0, 0.05) is 23.7 Å². The maximum absolute atomic E-state index is 13.6. The molecular formula is C31H41ClN4O. The number of hydrogen-bond acceptors (Lipinski definition) is 3. The number of amides is 1. The molecule has 2 aromatic rings. The zero-order valence-corrected chi connectivity index (χ0v) is 23.6. The molecule has 0 bridgehead atoms. The van der Waals surface area contributed by atoms with Gasteiger partial charge in [-0.05, 0) is 93.7 Å². The predicted molar refractivity (Wildman–Crippen MR) is 154 cm³/mol. The van der Waals surface area contributed by atoms with E-state index in [-0.39, 0.29) is 5.91 Å². The van der Waals surface area contributed by atoms with Crippen molar-refractivity contribution in [2.75, 3.05) is 13.1 Å². The molecule has 4 rings (SSSR count). The standard InChI is InChI=1S/C31H41ClN4O/c1-5-11-27-29(31(37)34-35-18-8-7-9-19-35)33-36(28-17-16-26(32)21-22(28)3)30(27)23(4)20-24(6-2)14-15-25-12-10-13-25/h6,14-17,20-21,25H,5,7-13,18-19H2,1-4H3,(H,34,37)/b15-14-,23-20+,24-6+. The summed E-state index contributed by atoms with van der Waals surface area (Å²) in [5.41, 5.74) is 9.87. The number of nitrogens with one attached hydrogen (secondary N) is 1. The number of allylic oxidation sites excluding steroid dienone is 6. The van der Waals surface area contributed by atoms with Gasteiger partial charge in [0.15, 0.2) is 5.69 Å². The Morgan fingerprint density at radius 2 is 1.95 bits per heavy atom. The molecule has 0 atom stereocenters. The minimum absolute atomic E-state index is 0.124. The molecule has 0 unspecified atom stereocenters. The lowest BCUT2D eigenvalue weighted by Gasteiger charge is -2.26. The van der Waals surface area contributed by atoms with E-state index in [2.05, 4.69) is 50.5 Å². The normalized spacial score (nSPS) is 17.9. The Balaban J connectivity index is 1.79. The lowest BCUT2D eigenvalue weighted by molar-refractivity contribution is 0.0743. The lowest BCUT2D eigenvalue weighted by atomic mass is 9.85. The fourth-order valence-corrected chi connectivity index (χ4v) is 5.41. The first-order valence-electron chi connectivity index (χ1n) is 13.9. The van der Waals surface area contributed by atoms with E-state index in [4.69, 9.17) is 16.7 Å². The number of nitrogens with zero attached hydrogens (tertiary/aromatic N) is 3. The molecule has 5 nitrogen and oxygen atoms in total. The molecule has 6 heteroatoms. The second-order valence-electron chi connectivity index (χ2n) is 10.4. The van der Waals surface area contributed by atoms with Crippen molar-refractivity contribution in [3.05, 3.63) is 75.6 Å². The summed E-state index contributed by atoms with van der Waals surface area (Å²) in [7, 11) is 0. The maximum Gasteiger partial charge on any atom is 0.286 e. The van der Waals surface area contributed by atoms with Gasteiger partial charge in [-0.25, -0.2) is 9.69 Å². The third kappa shape index (κ3) is 6.63. The van der Waals surface area contributed by atoms with Gasteiger partial charge >= 0.3 is 0 Å². The molecule has 2 heterocycles. The van der Waals surface area contributed by atoms with Crippen LogP contribution in [0.2, 0.25) is 5.02 Å². The van der Waals surface area contributed by atoms with E-state index in [1.807, 2.05) is 34.8 Å². The summed E-state index contributed by atoms with van der Waals surface area (Å²) in [4.78, 5) is 13.6.